The molecule has 0 bridgehead atoms. The van der Waals surface area contributed by atoms with E-state index in [1.807, 2.05) is 38.1 Å². The smallest absolute Gasteiger partial charge is 0.224 e. The van der Waals surface area contributed by atoms with E-state index in [0.29, 0.717) is 10.6 Å². The van der Waals surface area contributed by atoms with Crippen LogP contribution in [0.1, 0.15) is 31.1 Å². The van der Waals surface area contributed by atoms with Gasteiger partial charge in [-0.15, -0.1) is 0 Å². The number of aliphatic hydroxyl groups is 1. The van der Waals surface area contributed by atoms with Gasteiger partial charge in [-0.3, -0.25) is 4.79 Å². The Morgan fingerprint density at radius 2 is 1.92 bits per heavy atom. The summed E-state index contributed by atoms with van der Waals surface area (Å²) in [6.45, 7) is 4.07. The van der Waals surface area contributed by atoms with Crippen LogP contribution in [0.15, 0.2) is 48.5 Å². The van der Waals surface area contributed by atoms with Crippen LogP contribution in [-0.4, -0.2) is 23.7 Å². The topological polar surface area (TPSA) is 58.6 Å². The van der Waals surface area contributed by atoms with Gasteiger partial charge in [-0.2, -0.15) is 0 Å². The highest BCUT2D eigenvalue weighted by atomic mass is 35.5. The number of carbonyl (C=O) groups is 1. The first kappa shape index (κ1) is 18.3. The summed E-state index contributed by atoms with van der Waals surface area (Å²) in [5, 5.41) is 13.4. The zero-order valence-electron chi connectivity index (χ0n) is 13.8. The number of carbonyl (C=O) groups excluding carboxylic acids is 1. The molecule has 2 aromatic rings. The fourth-order valence-electron chi connectivity index (χ4n) is 2.26. The number of aliphatic hydroxyl groups excluding tert-OH is 1. The number of ether oxygens (including phenoxy) is 1. The second-order valence-electron chi connectivity index (χ2n) is 5.86. The summed E-state index contributed by atoms with van der Waals surface area (Å²) in [7, 11) is 0. The minimum absolute atomic E-state index is 0.0867. The Labute approximate surface area is 147 Å². The van der Waals surface area contributed by atoms with Crippen LogP contribution in [0.25, 0.3) is 0 Å². The van der Waals surface area contributed by atoms with Crippen LogP contribution in [0.3, 0.4) is 0 Å². The highest BCUT2D eigenvalue weighted by Gasteiger charge is 2.10. The number of hydrogen-bond donors (Lipinski definition) is 2. The number of nitrogens with one attached hydrogen (secondary N) is 1. The molecule has 0 radical (unpaired) electrons. The van der Waals surface area contributed by atoms with E-state index in [9.17, 15) is 9.90 Å². The normalized spacial score (nSPS) is 12.0. The Kier molecular flexibility index (Phi) is 6.64. The molecule has 0 aromatic heterocycles. The van der Waals surface area contributed by atoms with Crippen molar-refractivity contribution in [2.24, 2.45) is 0 Å². The molecule has 0 aliphatic heterocycles. The van der Waals surface area contributed by atoms with Gasteiger partial charge in [0.25, 0.3) is 0 Å². The molecule has 128 valence electrons. The first-order valence-corrected chi connectivity index (χ1v) is 8.27. The molecule has 0 saturated heterocycles. The minimum Gasteiger partial charge on any atom is -0.491 e. The lowest BCUT2D eigenvalue weighted by Gasteiger charge is -2.13. The molecule has 0 aliphatic rings. The van der Waals surface area contributed by atoms with E-state index in [2.05, 4.69) is 5.32 Å². The van der Waals surface area contributed by atoms with Gasteiger partial charge in [0.2, 0.25) is 5.91 Å². The maximum atomic E-state index is 12.1. The van der Waals surface area contributed by atoms with Gasteiger partial charge in [0.15, 0.2) is 0 Å². The summed E-state index contributed by atoms with van der Waals surface area (Å²) in [6.07, 6.45) is -0.437. The molecule has 24 heavy (non-hydrogen) atoms. The van der Waals surface area contributed by atoms with E-state index in [1.165, 1.54) is 0 Å². The number of rotatable bonds is 7. The Balaban J connectivity index is 1.85. The zero-order valence-corrected chi connectivity index (χ0v) is 14.6. The average Bonchev–Trinajstić information content (AvgIpc) is 2.53. The molecular formula is C19H22ClNO3. The van der Waals surface area contributed by atoms with Gasteiger partial charge in [-0.05, 0) is 49.2 Å². The largest absolute Gasteiger partial charge is 0.491 e. The van der Waals surface area contributed by atoms with E-state index in [4.69, 9.17) is 16.3 Å². The van der Waals surface area contributed by atoms with Crippen LogP contribution < -0.4 is 10.1 Å². The molecule has 1 amide bonds. The number of amides is 1. The van der Waals surface area contributed by atoms with Crippen LogP contribution in [0.2, 0.25) is 5.02 Å². The summed E-state index contributed by atoms with van der Waals surface area (Å²) in [5.41, 5.74) is 1.58. The van der Waals surface area contributed by atoms with Crippen molar-refractivity contribution >= 4 is 17.5 Å². The van der Waals surface area contributed by atoms with Crippen LogP contribution in [0.5, 0.6) is 5.75 Å². The number of benzene rings is 2. The van der Waals surface area contributed by atoms with Crippen molar-refractivity contribution in [1.29, 1.82) is 0 Å². The third-order valence-electron chi connectivity index (χ3n) is 3.38. The third kappa shape index (κ3) is 5.87. The van der Waals surface area contributed by atoms with Crippen LogP contribution in [0, 0.1) is 0 Å². The van der Waals surface area contributed by atoms with Crippen molar-refractivity contribution in [1.82, 2.24) is 5.32 Å². The Bertz CT molecular complexity index is 671. The summed E-state index contributed by atoms with van der Waals surface area (Å²) < 4.78 is 5.62. The standard InChI is InChI=1S/C19H22ClNO3/c1-13(2)24-17-5-3-4-14(10-17)11-19(23)21-12-18(22)15-6-8-16(20)9-7-15/h3-10,13,18,22H,11-12H2,1-2H3,(H,21,23). The van der Waals surface area contributed by atoms with Gasteiger partial charge < -0.3 is 15.2 Å². The van der Waals surface area contributed by atoms with Crippen LogP contribution in [-0.2, 0) is 11.2 Å². The Morgan fingerprint density at radius 3 is 2.58 bits per heavy atom. The van der Waals surface area contributed by atoms with E-state index in [0.717, 1.165) is 11.3 Å². The first-order chi connectivity index (χ1) is 11.4. The van der Waals surface area contributed by atoms with Gasteiger partial charge in [-0.25, -0.2) is 0 Å². The zero-order chi connectivity index (χ0) is 17.5. The van der Waals surface area contributed by atoms with Gasteiger partial charge in [0, 0.05) is 11.6 Å². The molecule has 2 N–H and O–H groups in total. The van der Waals surface area contributed by atoms with E-state index in [-0.39, 0.29) is 25.0 Å². The fraction of sp³-hybridized carbons (Fsp3) is 0.316. The monoisotopic (exact) mass is 347 g/mol. The Hall–Kier alpha value is -2.04. The molecule has 1 unspecified atom stereocenters. The molecule has 2 aromatic carbocycles. The van der Waals surface area contributed by atoms with Crippen molar-refractivity contribution < 1.29 is 14.6 Å². The van der Waals surface area contributed by atoms with Crippen molar-refractivity contribution in [2.45, 2.75) is 32.5 Å². The van der Waals surface area contributed by atoms with Crippen LogP contribution in [0.4, 0.5) is 0 Å². The van der Waals surface area contributed by atoms with E-state index < -0.39 is 6.10 Å². The van der Waals surface area contributed by atoms with Crippen LogP contribution >= 0.6 is 11.6 Å². The number of halogens is 1. The van der Waals surface area contributed by atoms with E-state index in [1.54, 1.807) is 24.3 Å². The molecule has 2 rings (SSSR count). The summed E-state index contributed by atoms with van der Waals surface area (Å²) in [6, 6.07) is 14.4. The maximum absolute atomic E-state index is 12.1. The Morgan fingerprint density at radius 1 is 1.21 bits per heavy atom. The SMILES string of the molecule is CC(C)Oc1cccc(CC(=O)NCC(O)c2ccc(Cl)cc2)c1. The highest BCUT2D eigenvalue weighted by molar-refractivity contribution is 6.30. The lowest BCUT2D eigenvalue weighted by Crippen LogP contribution is -2.29. The lowest BCUT2D eigenvalue weighted by molar-refractivity contribution is -0.120. The van der Waals surface area contributed by atoms with Crippen molar-refractivity contribution in [3.8, 4) is 5.75 Å². The first-order valence-electron chi connectivity index (χ1n) is 7.90. The van der Waals surface area contributed by atoms with Gasteiger partial charge in [0.1, 0.15) is 5.75 Å². The average molecular weight is 348 g/mol. The number of hydrogen-bond acceptors (Lipinski definition) is 3. The van der Waals surface area contributed by atoms with Gasteiger partial charge in [0.05, 0.1) is 18.6 Å². The van der Waals surface area contributed by atoms with E-state index >= 15 is 0 Å². The molecule has 0 spiro atoms. The molecular weight excluding hydrogens is 326 g/mol. The molecule has 0 saturated carbocycles. The molecule has 0 aliphatic carbocycles. The fourth-order valence-corrected chi connectivity index (χ4v) is 2.39. The highest BCUT2D eigenvalue weighted by Crippen LogP contribution is 2.17. The van der Waals surface area contributed by atoms with Crippen molar-refractivity contribution in [2.75, 3.05) is 6.54 Å². The molecule has 0 heterocycles. The maximum Gasteiger partial charge on any atom is 0.224 e. The van der Waals surface area contributed by atoms with Crippen molar-refractivity contribution in [3.63, 3.8) is 0 Å². The second kappa shape index (κ2) is 8.71. The van der Waals surface area contributed by atoms with Gasteiger partial charge in [-0.1, -0.05) is 35.9 Å². The minimum atomic E-state index is -0.762. The summed E-state index contributed by atoms with van der Waals surface area (Å²) in [4.78, 5) is 12.1. The molecule has 0 fully saturated rings. The predicted octanol–water partition coefficient (Wildman–Crippen LogP) is 3.52. The molecule has 5 heteroatoms. The third-order valence-corrected chi connectivity index (χ3v) is 3.63. The predicted molar refractivity (Wildman–Crippen MR) is 95.3 cm³/mol. The molecule has 1 atom stereocenters. The molecule has 4 nitrogen and oxygen atoms in total. The lowest BCUT2D eigenvalue weighted by atomic mass is 10.1. The quantitative estimate of drug-likeness (QED) is 0.805. The van der Waals surface area contributed by atoms with Gasteiger partial charge >= 0.3 is 0 Å². The second-order valence-corrected chi connectivity index (χ2v) is 6.30. The van der Waals surface area contributed by atoms with Crippen molar-refractivity contribution in [3.05, 3.63) is 64.7 Å². The summed E-state index contributed by atoms with van der Waals surface area (Å²) in [5.74, 6) is 0.598. The summed E-state index contributed by atoms with van der Waals surface area (Å²) >= 11 is 5.82.